The summed E-state index contributed by atoms with van der Waals surface area (Å²) in [5.41, 5.74) is 1.30. The second kappa shape index (κ2) is 6.19. The van der Waals surface area contributed by atoms with Crippen molar-refractivity contribution in [1.29, 1.82) is 0 Å². The van der Waals surface area contributed by atoms with Crippen molar-refractivity contribution in [3.05, 3.63) is 23.9 Å². The maximum absolute atomic E-state index is 4.37. The molecule has 0 spiro atoms. The molecule has 3 heteroatoms. The van der Waals surface area contributed by atoms with Crippen LogP contribution in [0.5, 0.6) is 0 Å². The van der Waals surface area contributed by atoms with E-state index in [9.17, 15) is 0 Å². The fourth-order valence-electron chi connectivity index (χ4n) is 2.89. The van der Waals surface area contributed by atoms with E-state index in [-0.39, 0.29) is 0 Å². The second-order valence-corrected chi connectivity index (χ2v) is 5.64. The van der Waals surface area contributed by atoms with Crippen LogP contribution in [0.2, 0.25) is 0 Å². The second-order valence-electron chi connectivity index (χ2n) is 5.64. The molecule has 1 aromatic rings. The third-order valence-corrected chi connectivity index (χ3v) is 4.04. The molecule has 1 aliphatic rings. The van der Waals surface area contributed by atoms with Gasteiger partial charge in [0.2, 0.25) is 0 Å². The molecule has 100 valence electrons. The molecule has 2 rings (SSSR count). The summed E-state index contributed by atoms with van der Waals surface area (Å²) in [5.74, 6) is 1.82. The molecule has 2 unspecified atom stereocenters. The molecule has 0 aromatic carbocycles. The van der Waals surface area contributed by atoms with Gasteiger partial charge in [-0.25, -0.2) is 4.98 Å². The molecule has 1 aliphatic carbocycles. The molecule has 3 nitrogen and oxygen atoms in total. The summed E-state index contributed by atoms with van der Waals surface area (Å²) < 4.78 is 0. The van der Waals surface area contributed by atoms with Gasteiger partial charge < -0.3 is 5.32 Å². The van der Waals surface area contributed by atoms with Gasteiger partial charge in [0.1, 0.15) is 5.82 Å². The number of pyridine rings is 1. The first-order chi connectivity index (χ1) is 8.69. The number of anilines is 1. The van der Waals surface area contributed by atoms with E-state index >= 15 is 0 Å². The van der Waals surface area contributed by atoms with Crippen LogP contribution in [-0.2, 0) is 6.54 Å². The van der Waals surface area contributed by atoms with Crippen LogP contribution in [0.15, 0.2) is 18.3 Å². The molecule has 18 heavy (non-hydrogen) atoms. The highest BCUT2D eigenvalue weighted by atomic mass is 15.1. The third-order valence-electron chi connectivity index (χ3n) is 4.04. The van der Waals surface area contributed by atoms with E-state index in [4.69, 9.17) is 0 Å². The number of hydrogen-bond donors (Lipinski definition) is 1. The standard InChI is InChI=1S/C15H25N3/c1-12-5-4-6-14(9-12)18(3)11-13-7-8-15(16-2)17-10-13/h7-8,10,12,14H,4-6,9,11H2,1-3H3,(H,16,17). The van der Waals surface area contributed by atoms with E-state index in [1.165, 1.54) is 31.2 Å². The summed E-state index contributed by atoms with van der Waals surface area (Å²) in [6.45, 7) is 3.39. The Bertz CT molecular complexity index is 361. The highest BCUT2D eigenvalue weighted by molar-refractivity contribution is 5.34. The molecule has 1 saturated carbocycles. The lowest BCUT2D eigenvalue weighted by Crippen LogP contribution is -2.35. The predicted molar refractivity (Wildman–Crippen MR) is 76.7 cm³/mol. The van der Waals surface area contributed by atoms with Crippen LogP contribution < -0.4 is 5.32 Å². The minimum atomic E-state index is 0.748. The lowest BCUT2D eigenvalue weighted by molar-refractivity contribution is 0.157. The first-order valence-corrected chi connectivity index (χ1v) is 7.02. The van der Waals surface area contributed by atoms with Crippen LogP contribution in [0, 0.1) is 5.92 Å². The number of nitrogens with one attached hydrogen (secondary N) is 1. The largest absolute Gasteiger partial charge is 0.373 e. The van der Waals surface area contributed by atoms with Gasteiger partial charge in [-0.2, -0.15) is 0 Å². The smallest absolute Gasteiger partial charge is 0.125 e. The van der Waals surface area contributed by atoms with Crippen molar-refractivity contribution in [2.24, 2.45) is 5.92 Å². The van der Waals surface area contributed by atoms with E-state index in [1.54, 1.807) is 0 Å². The lowest BCUT2D eigenvalue weighted by atomic mass is 9.86. The number of nitrogens with zero attached hydrogens (tertiary/aromatic N) is 2. The Balaban J connectivity index is 1.91. The molecule has 0 amide bonds. The summed E-state index contributed by atoms with van der Waals surface area (Å²) in [5, 5.41) is 3.05. The van der Waals surface area contributed by atoms with Gasteiger partial charge in [0.05, 0.1) is 0 Å². The monoisotopic (exact) mass is 247 g/mol. The van der Waals surface area contributed by atoms with Crippen LogP contribution in [0.4, 0.5) is 5.82 Å². The van der Waals surface area contributed by atoms with Crippen LogP contribution in [-0.4, -0.2) is 30.0 Å². The molecule has 1 fully saturated rings. The van der Waals surface area contributed by atoms with Gasteiger partial charge in [-0.05, 0) is 37.4 Å². The van der Waals surface area contributed by atoms with Crippen LogP contribution >= 0.6 is 0 Å². The van der Waals surface area contributed by atoms with Crippen molar-refractivity contribution in [3.63, 3.8) is 0 Å². The molecule has 0 aliphatic heterocycles. The topological polar surface area (TPSA) is 28.2 Å². The molecule has 2 atom stereocenters. The average Bonchev–Trinajstić information content (AvgIpc) is 2.39. The van der Waals surface area contributed by atoms with Gasteiger partial charge >= 0.3 is 0 Å². The lowest BCUT2D eigenvalue weighted by Gasteiger charge is -2.34. The third kappa shape index (κ3) is 3.45. The molecular weight excluding hydrogens is 222 g/mol. The molecule has 1 N–H and O–H groups in total. The average molecular weight is 247 g/mol. The first kappa shape index (κ1) is 13.3. The molecule has 1 heterocycles. The number of aromatic nitrogens is 1. The highest BCUT2D eigenvalue weighted by Gasteiger charge is 2.22. The summed E-state index contributed by atoms with van der Waals surface area (Å²) >= 11 is 0. The zero-order valence-electron chi connectivity index (χ0n) is 11.8. The Labute approximate surface area is 111 Å². The Morgan fingerprint density at radius 3 is 2.83 bits per heavy atom. The van der Waals surface area contributed by atoms with Crippen molar-refractivity contribution >= 4 is 5.82 Å². The molecular formula is C15H25N3. The Hall–Kier alpha value is -1.09. The summed E-state index contributed by atoms with van der Waals surface area (Å²) in [6, 6.07) is 4.96. The van der Waals surface area contributed by atoms with Crippen molar-refractivity contribution in [1.82, 2.24) is 9.88 Å². The van der Waals surface area contributed by atoms with E-state index in [0.717, 1.165) is 24.3 Å². The van der Waals surface area contributed by atoms with Crippen LogP contribution in [0.1, 0.15) is 38.2 Å². The van der Waals surface area contributed by atoms with Crippen molar-refractivity contribution in [2.75, 3.05) is 19.4 Å². The minimum Gasteiger partial charge on any atom is -0.373 e. The Morgan fingerprint density at radius 2 is 2.22 bits per heavy atom. The Morgan fingerprint density at radius 1 is 1.39 bits per heavy atom. The minimum absolute atomic E-state index is 0.748. The molecule has 1 aromatic heterocycles. The SMILES string of the molecule is CNc1ccc(CN(C)C2CCCC(C)C2)cn1. The predicted octanol–water partition coefficient (Wildman–Crippen LogP) is 3.13. The summed E-state index contributed by atoms with van der Waals surface area (Å²) in [4.78, 5) is 6.86. The first-order valence-electron chi connectivity index (χ1n) is 7.02. The van der Waals surface area contributed by atoms with Crippen LogP contribution in [0.3, 0.4) is 0 Å². The van der Waals surface area contributed by atoms with Gasteiger partial charge in [-0.15, -0.1) is 0 Å². The van der Waals surface area contributed by atoms with E-state index in [1.807, 2.05) is 19.3 Å². The highest BCUT2D eigenvalue weighted by Crippen LogP contribution is 2.27. The molecule has 0 saturated heterocycles. The van der Waals surface area contributed by atoms with Gasteiger partial charge in [0.15, 0.2) is 0 Å². The Kier molecular flexibility index (Phi) is 4.59. The van der Waals surface area contributed by atoms with Gasteiger partial charge in [0.25, 0.3) is 0 Å². The normalized spacial score (nSPS) is 24.2. The van der Waals surface area contributed by atoms with Gasteiger partial charge in [-0.3, -0.25) is 4.90 Å². The van der Waals surface area contributed by atoms with Gasteiger partial charge in [0, 0.05) is 25.8 Å². The van der Waals surface area contributed by atoms with Crippen molar-refractivity contribution in [3.8, 4) is 0 Å². The zero-order chi connectivity index (χ0) is 13.0. The summed E-state index contributed by atoms with van der Waals surface area (Å²) in [6.07, 6.45) is 7.46. The van der Waals surface area contributed by atoms with E-state index in [2.05, 4.69) is 35.2 Å². The number of hydrogen-bond acceptors (Lipinski definition) is 3. The zero-order valence-corrected chi connectivity index (χ0v) is 11.8. The van der Waals surface area contributed by atoms with Crippen molar-refractivity contribution < 1.29 is 0 Å². The van der Waals surface area contributed by atoms with E-state index < -0.39 is 0 Å². The summed E-state index contributed by atoms with van der Waals surface area (Å²) in [7, 11) is 4.15. The fraction of sp³-hybridized carbons (Fsp3) is 0.667. The maximum atomic E-state index is 4.37. The van der Waals surface area contributed by atoms with Crippen molar-refractivity contribution in [2.45, 2.75) is 45.2 Å². The molecule has 0 bridgehead atoms. The quantitative estimate of drug-likeness (QED) is 0.886. The van der Waals surface area contributed by atoms with E-state index in [0.29, 0.717) is 0 Å². The van der Waals surface area contributed by atoms with Crippen LogP contribution in [0.25, 0.3) is 0 Å². The maximum Gasteiger partial charge on any atom is 0.125 e. The molecule has 0 radical (unpaired) electrons. The van der Waals surface area contributed by atoms with Gasteiger partial charge in [-0.1, -0.05) is 25.8 Å². The number of rotatable bonds is 4. The fourth-order valence-corrected chi connectivity index (χ4v) is 2.89.